The largest absolute Gasteiger partial charge is 0.490 e. The number of pyridine rings is 1. The van der Waals surface area contributed by atoms with Gasteiger partial charge in [-0.15, -0.1) is 5.10 Å². The molecule has 6 nitrogen and oxygen atoms in total. The predicted octanol–water partition coefficient (Wildman–Crippen LogP) is 1.34. The lowest BCUT2D eigenvalue weighted by Crippen LogP contribution is -2.10. The van der Waals surface area contributed by atoms with Gasteiger partial charge in [-0.25, -0.2) is 4.68 Å². The van der Waals surface area contributed by atoms with Crippen molar-refractivity contribution in [2.75, 3.05) is 13.7 Å². The van der Waals surface area contributed by atoms with Gasteiger partial charge in [0, 0.05) is 18.4 Å². The Morgan fingerprint density at radius 1 is 1.35 bits per heavy atom. The quantitative estimate of drug-likeness (QED) is 0.826. The smallest absolute Gasteiger partial charge is 0.140 e. The molecule has 2 rings (SSSR count). The second-order valence-electron chi connectivity index (χ2n) is 4.60. The first-order chi connectivity index (χ1) is 9.72. The topological polar surface area (TPSA) is 64.9 Å². The van der Waals surface area contributed by atoms with Gasteiger partial charge < -0.3 is 10.1 Å². The van der Waals surface area contributed by atoms with E-state index in [0.29, 0.717) is 13.2 Å². The van der Waals surface area contributed by atoms with Crippen LogP contribution in [0.4, 0.5) is 0 Å². The van der Waals surface area contributed by atoms with Gasteiger partial charge in [0.25, 0.3) is 0 Å². The molecule has 0 radical (unpaired) electrons. The van der Waals surface area contributed by atoms with Gasteiger partial charge in [-0.1, -0.05) is 12.1 Å². The molecule has 0 amide bonds. The fourth-order valence-corrected chi connectivity index (χ4v) is 1.94. The zero-order valence-corrected chi connectivity index (χ0v) is 12.3. The Bertz CT molecular complexity index is 552. The Labute approximate surface area is 119 Å². The van der Waals surface area contributed by atoms with Gasteiger partial charge >= 0.3 is 0 Å². The van der Waals surface area contributed by atoms with E-state index >= 15 is 0 Å². The van der Waals surface area contributed by atoms with E-state index in [0.717, 1.165) is 35.8 Å². The summed E-state index contributed by atoms with van der Waals surface area (Å²) in [7, 11) is 1.89. The molecule has 0 saturated heterocycles. The molecule has 0 saturated carbocycles. The summed E-state index contributed by atoms with van der Waals surface area (Å²) in [6, 6.07) is 3.95. The number of hydrogen-bond acceptors (Lipinski definition) is 5. The Balaban J connectivity index is 1.89. The Morgan fingerprint density at radius 3 is 2.95 bits per heavy atom. The average molecular weight is 275 g/mol. The summed E-state index contributed by atoms with van der Waals surface area (Å²) in [5.74, 6) is 0.855. The van der Waals surface area contributed by atoms with Gasteiger partial charge in [-0.3, -0.25) is 4.98 Å². The van der Waals surface area contributed by atoms with Gasteiger partial charge in [0.15, 0.2) is 0 Å². The fourth-order valence-electron chi connectivity index (χ4n) is 1.94. The summed E-state index contributed by atoms with van der Waals surface area (Å²) in [6.45, 7) is 6.02. The minimum absolute atomic E-state index is 0.556. The Kier molecular flexibility index (Phi) is 5.06. The van der Waals surface area contributed by atoms with E-state index in [1.54, 1.807) is 4.68 Å². The number of nitrogens with one attached hydrogen (secondary N) is 1. The van der Waals surface area contributed by atoms with E-state index in [-0.39, 0.29) is 0 Å². The van der Waals surface area contributed by atoms with Crippen LogP contribution in [0.2, 0.25) is 0 Å². The van der Waals surface area contributed by atoms with E-state index < -0.39 is 0 Å². The molecular formula is C14H21N5O. The fraction of sp³-hybridized carbons (Fsp3) is 0.500. The van der Waals surface area contributed by atoms with E-state index in [1.807, 2.05) is 32.3 Å². The van der Waals surface area contributed by atoms with Crippen LogP contribution in [-0.4, -0.2) is 33.6 Å². The third-order valence-corrected chi connectivity index (χ3v) is 2.93. The summed E-state index contributed by atoms with van der Waals surface area (Å²) < 4.78 is 7.58. The summed E-state index contributed by atoms with van der Waals surface area (Å²) in [5.41, 5.74) is 2.94. The monoisotopic (exact) mass is 275 g/mol. The normalized spacial score (nSPS) is 10.8. The second kappa shape index (κ2) is 7.00. The SMILES string of the molecule is CCc1nc(C)ccc1OCCn1cc(CNC)nn1. The zero-order chi connectivity index (χ0) is 14.4. The van der Waals surface area contributed by atoms with Crippen molar-refractivity contribution in [3.63, 3.8) is 0 Å². The molecule has 0 spiro atoms. The molecule has 0 aromatic carbocycles. The van der Waals surface area contributed by atoms with Crippen LogP contribution in [0.1, 0.15) is 24.0 Å². The molecule has 0 aliphatic rings. The maximum absolute atomic E-state index is 5.79. The highest BCUT2D eigenvalue weighted by atomic mass is 16.5. The minimum atomic E-state index is 0.556. The van der Waals surface area contributed by atoms with Crippen LogP contribution in [0, 0.1) is 6.92 Å². The number of aryl methyl sites for hydroxylation is 2. The number of nitrogens with zero attached hydrogens (tertiary/aromatic N) is 4. The molecular weight excluding hydrogens is 254 g/mol. The first-order valence-corrected chi connectivity index (χ1v) is 6.86. The first kappa shape index (κ1) is 14.5. The van der Waals surface area contributed by atoms with Crippen molar-refractivity contribution in [1.29, 1.82) is 0 Å². The molecule has 0 aliphatic carbocycles. The maximum atomic E-state index is 5.79. The van der Waals surface area contributed by atoms with E-state index in [9.17, 15) is 0 Å². The maximum Gasteiger partial charge on any atom is 0.140 e. The molecule has 0 fully saturated rings. The van der Waals surface area contributed by atoms with Crippen LogP contribution in [0.25, 0.3) is 0 Å². The van der Waals surface area contributed by atoms with Gasteiger partial charge in [-0.2, -0.15) is 0 Å². The van der Waals surface area contributed by atoms with Gasteiger partial charge in [0.2, 0.25) is 0 Å². The van der Waals surface area contributed by atoms with Crippen LogP contribution < -0.4 is 10.1 Å². The highest BCUT2D eigenvalue weighted by molar-refractivity contribution is 5.29. The molecule has 1 N–H and O–H groups in total. The summed E-state index contributed by atoms with van der Waals surface area (Å²) >= 11 is 0. The summed E-state index contributed by atoms with van der Waals surface area (Å²) in [5, 5.41) is 11.2. The van der Waals surface area contributed by atoms with Crippen molar-refractivity contribution in [2.45, 2.75) is 33.4 Å². The molecule has 2 aromatic rings. The van der Waals surface area contributed by atoms with Crippen LogP contribution in [-0.2, 0) is 19.5 Å². The lowest BCUT2D eigenvalue weighted by molar-refractivity contribution is 0.285. The van der Waals surface area contributed by atoms with Crippen LogP contribution in [0.5, 0.6) is 5.75 Å². The summed E-state index contributed by atoms with van der Waals surface area (Å²) in [4.78, 5) is 4.48. The molecule has 20 heavy (non-hydrogen) atoms. The predicted molar refractivity (Wildman–Crippen MR) is 76.6 cm³/mol. The highest BCUT2D eigenvalue weighted by Gasteiger charge is 2.05. The van der Waals surface area contributed by atoms with Crippen molar-refractivity contribution < 1.29 is 4.74 Å². The molecule has 2 aromatic heterocycles. The molecule has 0 bridgehead atoms. The Hall–Kier alpha value is -1.95. The lowest BCUT2D eigenvalue weighted by atomic mass is 10.2. The summed E-state index contributed by atoms with van der Waals surface area (Å²) in [6.07, 6.45) is 2.79. The van der Waals surface area contributed by atoms with Crippen LogP contribution in [0.3, 0.4) is 0 Å². The van der Waals surface area contributed by atoms with Crippen molar-refractivity contribution >= 4 is 0 Å². The molecule has 0 unspecified atom stereocenters. The zero-order valence-electron chi connectivity index (χ0n) is 12.3. The van der Waals surface area contributed by atoms with Crippen molar-refractivity contribution in [3.05, 3.63) is 35.4 Å². The van der Waals surface area contributed by atoms with E-state index in [1.165, 1.54) is 0 Å². The molecule has 108 valence electrons. The Morgan fingerprint density at radius 2 is 2.20 bits per heavy atom. The number of ether oxygens (including phenoxy) is 1. The number of rotatable bonds is 7. The van der Waals surface area contributed by atoms with Crippen molar-refractivity contribution in [2.24, 2.45) is 0 Å². The standard InChI is InChI=1S/C14H21N5O/c1-4-13-14(6-5-11(2)16-13)20-8-7-19-10-12(9-15-3)17-18-19/h5-6,10,15H,4,7-9H2,1-3H3. The third kappa shape index (κ3) is 3.77. The van der Waals surface area contributed by atoms with E-state index in [4.69, 9.17) is 4.74 Å². The van der Waals surface area contributed by atoms with Crippen LogP contribution in [0.15, 0.2) is 18.3 Å². The first-order valence-electron chi connectivity index (χ1n) is 6.86. The van der Waals surface area contributed by atoms with Gasteiger partial charge in [0.1, 0.15) is 12.4 Å². The second-order valence-corrected chi connectivity index (χ2v) is 4.60. The van der Waals surface area contributed by atoms with Crippen LogP contribution >= 0.6 is 0 Å². The van der Waals surface area contributed by atoms with Gasteiger partial charge in [-0.05, 0) is 32.5 Å². The number of hydrogen-bond donors (Lipinski definition) is 1. The van der Waals surface area contributed by atoms with E-state index in [2.05, 4.69) is 27.5 Å². The lowest BCUT2D eigenvalue weighted by Gasteiger charge is -2.10. The van der Waals surface area contributed by atoms with Crippen molar-refractivity contribution in [3.8, 4) is 5.75 Å². The molecule has 6 heteroatoms. The average Bonchev–Trinajstić information content (AvgIpc) is 2.88. The minimum Gasteiger partial charge on any atom is -0.490 e. The molecule has 2 heterocycles. The van der Waals surface area contributed by atoms with Gasteiger partial charge in [0.05, 0.1) is 17.9 Å². The number of aromatic nitrogens is 4. The molecule has 0 atom stereocenters. The molecule has 0 aliphatic heterocycles. The van der Waals surface area contributed by atoms with Crippen molar-refractivity contribution in [1.82, 2.24) is 25.3 Å². The highest BCUT2D eigenvalue weighted by Crippen LogP contribution is 2.17. The third-order valence-electron chi connectivity index (χ3n) is 2.93.